The Morgan fingerprint density at radius 2 is 2.00 bits per heavy atom. The Morgan fingerprint density at radius 1 is 1.21 bits per heavy atom. The van der Waals surface area contributed by atoms with Crippen molar-refractivity contribution in [3.8, 4) is 11.5 Å². The summed E-state index contributed by atoms with van der Waals surface area (Å²) in [5, 5.41) is 2.94. The lowest BCUT2D eigenvalue weighted by molar-refractivity contribution is -0.117. The molecule has 2 aromatic carbocycles. The van der Waals surface area contributed by atoms with Crippen molar-refractivity contribution in [2.24, 2.45) is 0 Å². The fourth-order valence-corrected chi connectivity index (χ4v) is 2.87. The number of nitrogens with one attached hydrogen (secondary N) is 1. The lowest BCUT2D eigenvalue weighted by Crippen LogP contribution is -2.14. The van der Waals surface area contributed by atoms with Crippen molar-refractivity contribution >= 4 is 11.6 Å². The number of ether oxygens (including phenoxy) is 2. The van der Waals surface area contributed by atoms with Crippen LogP contribution in [0.25, 0.3) is 0 Å². The van der Waals surface area contributed by atoms with Crippen LogP contribution in [0.1, 0.15) is 24.0 Å². The maximum Gasteiger partial charge on any atom is 0.232 e. The standard InChI is InChI=1S/C20H21NO3/c1-13(2)12-24-18-9-8-14(11-19(18)23-3)10-16-15-6-4-5-7-17(15)21-20(16)22/h4-9,11,16H,1,10,12H2,2-3H3,(H,21,22)/t16-/m0/s1. The van der Waals surface area contributed by atoms with Crippen LogP contribution in [0, 0.1) is 0 Å². The molecule has 1 atom stereocenters. The van der Waals surface area contributed by atoms with Crippen LogP contribution in [0.2, 0.25) is 0 Å². The van der Waals surface area contributed by atoms with Crippen LogP contribution in [-0.2, 0) is 11.2 Å². The van der Waals surface area contributed by atoms with Gasteiger partial charge in [-0.2, -0.15) is 0 Å². The third-order valence-corrected chi connectivity index (χ3v) is 4.05. The topological polar surface area (TPSA) is 47.6 Å². The zero-order chi connectivity index (χ0) is 17.1. The van der Waals surface area contributed by atoms with Gasteiger partial charge in [-0.25, -0.2) is 0 Å². The van der Waals surface area contributed by atoms with Crippen molar-refractivity contribution in [3.05, 3.63) is 65.7 Å². The lowest BCUT2D eigenvalue weighted by Gasteiger charge is -2.14. The van der Waals surface area contributed by atoms with Gasteiger partial charge >= 0.3 is 0 Å². The normalized spacial score (nSPS) is 15.6. The zero-order valence-electron chi connectivity index (χ0n) is 14.0. The fourth-order valence-electron chi connectivity index (χ4n) is 2.87. The molecule has 124 valence electrons. The Kier molecular flexibility index (Phi) is 4.56. The second kappa shape index (κ2) is 6.79. The Balaban J connectivity index is 1.81. The number of hydrogen-bond acceptors (Lipinski definition) is 3. The molecule has 0 radical (unpaired) electrons. The van der Waals surface area contributed by atoms with E-state index in [9.17, 15) is 4.79 Å². The van der Waals surface area contributed by atoms with Gasteiger partial charge in [0.25, 0.3) is 0 Å². The molecule has 0 saturated heterocycles. The molecule has 4 nitrogen and oxygen atoms in total. The molecule has 1 heterocycles. The van der Waals surface area contributed by atoms with Crippen LogP contribution in [0.15, 0.2) is 54.6 Å². The van der Waals surface area contributed by atoms with Gasteiger partial charge in [-0.3, -0.25) is 4.79 Å². The summed E-state index contributed by atoms with van der Waals surface area (Å²) in [7, 11) is 1.62. The van der Waals surface area contributed by atoms with Gasteiger partial charge in [0.15, 0.2) is 11.5 Å². The molecule has 1 N–H and O–H groups in total. The van der Waals surface area contributed by atoms with Gasteiger partial charge < -0.3 is 14.8 Å². The van der Waals surface area contributed by atoms with E-state index in [1.807, 2.05) is 49.4 Å². The van der Waals surface area contributed by atoms with Gasteiger partial charge in [-0.15, -0.1) is 0 Å². The van der Waals surface area contributed by atoms with Crippen molar-refractivity contribution in [2.45, 2.75) is 19.3 Å². The van der Waals surface area contributed by atoms with E-state index in [-0.39, 0.29) is 11.8 Å². The molecule has 0 saturated carbocycles. The molecule has 0 aromatic heterocycles. The summed E-state index contributed by atoms with van der Waals surface area (Å²) in [4.78, 5) is 12.3. The van der Waals surface area contributed by atoms with E-state index in [2.05, 4.69) is 11.9 Å². The van der Waals surface area contributed by atoms with E-state index < -0.39 is 0 Å². The third-order valence-electron chi connectivity index (χ3n) is 4.05. The first kappa shape index (κ1) is 16.1. The van der Waals surface area contributed by atoms with Crippen LogP contribution < -0.4 is 14.8 Å². The number of carbonyl (C=O) groups excluding carboxylic acids is 1. The molecule has 0 spiro atoms. The molecule has 24 heavy (non-hydrogen) atoms. The van der Waals surface area contributed by atoms with Crippen molar-refractivity contribution < 1.29 is 14.3 Å². The van der Waals surface area contributed by atoms with Crippen molar-refractivity contribution in [2.75, 3.05) is 19.0 Å². The fraction of sp³-hybridized carbons (Fsp3) is 0.250. The Hall–Kier alpha value is -2.75. The Labute approximate surface area is 142 Å². The minimum Gasteiger partial charge on any atom is -0.493 e. The van der Waals surface area contributed by atoms with Crippen molar-refractivity contribution in [1.29, 1.82) is 0 Å². The van der Waals surface area contributed by atoms with Gasteiger partial charge in [0.05, 0.1) is 13.0 Å². The first-order valence-corrected chi connectivity index (χ1v) is 7.92. The summed E-state index contributed by atoms with van der Waals surface area (Å²) in [5.74, 6) is 1.21. The van der Waals surface area contributed by atoms with Crippen LogP contribution in [0.3, 0.4) is 0 Å². The Bertz CT molecular complexity index is 782. The van der Waals surface area contributed by atoms with Crippen LogP contribution in [0.5, 0.6) is 11.5 Å². The van der Waals surface area contributed by atoms with Crippen LogP contribution in [0.4, 0.5) is 5.69 Å². The van der Waals surface area contributed by atoms with Gasteiger partial charge in [-0.05, 0) is 48.2 Å². The number of methoxy groups -OCH3 is 1. The number of carbonyl (C=O) groups is 1. The molecule has 3 rings (SSSR count). The molecular weight excluding hydrogens is 302 g/mol. The molecule has 1 aliphatic heterocycles. The molecule has 0 aliphatic carbocycles. The number of anilines is 1. The van der Waals surface area contributed by atoms with E-state index in [0.29, 0.717) is 24.5 Å². The molecule has 4 heteroatoms. The summed E-state index contributed by atoms with van der Waals surface area (Å²) in [6.07, 6.45) is 0.625. The first-order valence-electron chi connectivity index (χ1n) is 7.92. The predicted octanol–water partition coefficient (Wildman–Crippen LogP) is 3.93. The quantitative estimate of drug-likeness (QED) is 0.819. The zero-order valence-corrected chi connectivity index (χ0v) is 14.0. The molecule has 1 aliphatic rings. The minimum atomic E-state index is -0.173. The van der Waals surface area contributed by atoms with Crippen molar-refractivity contribution in [3.63, 3.8) is 0 Å². The molecule has 1 amide bonds. The third kappa shape index (κ3) is 3.27. The van der Waals surface area contributed by atoms with E-state index in [4.69, 9.17) is 9.47 Å². The number of benzene rings is 2. The monoisotopic (exact) mass is 323 g/mol. The van der Waals surface area contributed by atoms with Gasteiger partial charge in [0, 0.05) is 5.69 Å². The summed E-state index contributed by atoms with van der Waals surface area (Å²) in [6, 6.07) is 13.6. The lowest BCUT2D eigenvalue weighted by atomic mass is 9.93. The number of hydrogen-bond donors (Lipinski definition) is 1. The SMILES string of the molecule is C=C(C)COc1ccc(C[C@@H]2C(=O)Nc3ccccc32)cc1OC. The first-order chi connectivity index (χ1) is 11.6. The summed E-state index contributed by atoms with van der Waals surface area (Å²) < 4.78 is 11.1. The second-order valence-electron chi connectivity index (χ2n) is 6.06. The van der Waals surface area contributed by atoms with Crippen LogP contribution in [-0.4, -0.2) is 19.6 Å². The molecular formula is C20H21NO3. The summed E-state index contributed by atoms with van der Waals surface area (Å²) in [5.41, 5.74) is 3.93. The van der Waals surface area contributed by atoms with Gasteiger partial charge in [-0.1, -0.05) is 30.8 Å². The average Bonchev–Trinajstić information content (AvgIpc) is 2.89. The molecule has 0 bridgehead atoms. The van der Waals surface area contributed by atoms with E-state index >= 15 is 0 Å². The number of fused-ring (bicyclic) bond motifs is 1. The maximum absolute atomic E-state index is 12.3. The number of para-hydroxylation sites is 1. The second-order valence-corrected chi connectivity index (χ2v) is 6.06. The summed E-state index contributed by atoms with van der Waals surface area (Å²) >= 11 is 0. The highest BCUT2D eigenvalue weighted by Gasteiger charge is 2.30. The highest BCUT2D eigenvalue weighted by Crippen LogP contribution is 2.36. The largest absolute Gasteiger partial charge is 0.493 e. The number of rotatable bonds is 6. The molecule has 0 fully saturated rings. The van der Waals surface area contributed by atoms with Crippen molar-refractivity contribution in [1.82, 2.24) is 0 Å². The van der Waals surface area contributed by atoms with E-state index in [1.54, 1.807) is 7.11 Å². The molecule has 0 unspecified atom stereocenters. The van der Waals surface area contributed by atoms with Gasteiger partial charge in [0.1, 0.15) is 6.61 Å². The van der Waals surface area contributed by atoms with E-state index in [0.717, 1.165) is 22.4 Å². The highest BCUT2D eigenvalue weighted by atomic mass is 16.5. The minimum absolute atomic E-state index is 0.0396. The van der Waals surface area contributed by atoms with Crippen LogP contribution >= 0.6 is 0 Å². The number of amides is 1. The average molecular weight is 323 g/mol. The van der Waals surface area contributed by atoms with Gasteiger partial charge in [0.2, 0.25) is 5.91 Å². The maximum atomic E-state index is 12.3. The van der Waals surface area contributed by atoms with E-state index in [1.165, 1.54) is 0 Å². The summed E-state index contributed by atoms with van der Waals surface area (Å²) in [6.45, 7) is 6.20. The Morgan fingerprint density at radius 3 is 2.75 bits per heavy atom. The predicted molar refractivity (Wildman–Crippen MR) is 94.8 cm³/mol. The smallest absolute Gasteiger partial charge is 0.232 e. The highest BCUT2D eigenvalue weighted by molar-refractivity contribution is 6.03. The molecule has 2 aromatic rings.